The first-order valence-corrected chi connectivity index (χ1v) is 11.2. The summed E-state index contributed by atoms with van der Waals surface area (Å²) in [7, 11) is 0. The minimum Gasteiger partial charge on any atom is -0.391 e. The molecular formula is C22H26ClF3N2O4. The Balaban J connectivity index is 1.61. The number of hydrogen-bond donors (Lipinski definition) is 4. The number of carbonyl (C=O) groups is 2. The minimum absolute atomic E-state index is 0.0372. The fourth-order valence-electron chi connectivity index (χ4n) is 5.81. The maximum absolute atomic E-state index is 15.0. The van der Waals surface area contributed by atoms with E-state index in [-0.39, 0.29) is 42.7 Å². The zero-order chi connectivity index (χ0) is 23.3. The van der Waals surface area contributed by atoms with Crippen molar-refractivity contribution in [3.63, 3.8) is 0 Å². The van der Waals surface area contributed by atoms with Crippen LogP contribution in [0.25, 0.3) is 0 Å². The Morgan fingerprint density at radius 1 is 1.19 bits per heavy atom. The Kier molecular flexibility index (Phi) is 6.19. The predicted octanol–water partition coefficient (Wildman–Crippen LogP) is 2.70. The molecule has 3 fully saturated rings. The van der Waals surface area contributed by atoms with E-state index in [9.17, 15) is 27.9 Å². The second-order valence-corrected chi connectivity index (χ2v) is 9.86. The molecule has 176 valence electrons. The monoisotopic (exact) mass is 474 g/mol. The summed E-state index contributed by atoms with van der Waals surface area (Å²) in [4.78, 5) is 24.6. The molecule has 0 saturated heterocycles. The molecule has 4 N–H and O–H groups in total. The van der Waals surface area contributed by atoms with E-state index in [0.29, 0.717) is 12.8 Å². The van der Waals surface area contributed by atoms with Crippen LogP contribution in [0.3, 0.4) is 0 Å². The lowest BCUT2D eigenvalue weighted by Crippen LogP contribution is -2.43. The maximum atomic E-state index is 15.0. The van der Waals surface area contributed by atoms with Crippen LogP contribution in [-0.2, 0) is 9.59 Å². The first-order chi connectivity index (χ1) is 15.1. The van der Waals surface area contributed by atoms with Crippen molar-refractivity contribution in [1.29, 1.82) is 0 Å². The minimum atomic E-state index is -1.41. The molecule has 3 aliphatic rings. The molecular weight excluding hydrogens is 449 g/mol. The average molecular weight is 475 g/mol. The van der Waals surface area contributed by atoms with Gasteiger partial charge in [0.25, 0.3) is 0 Å². The van der Waals surface area contributed by atoms with Crippen LogP contribution in [0.5, 0.6) is 0 Å². The van der Waals surface area contributed by atoms with Crippen molar-refractivity contribution in [2.45, 2.75) is 68.8 Å². The first kappa shape index (κ1) is 23.3. The topological polar surface area (TPSA) is 98.7 Å². The Morgan fingerprint density at radius 3 is 2.47 bits per heavy atom. The van der Waals surface area contributed by atoms with Crippen molar-refractivity contribution in [3.8, 4) is 0 Å². The van der Waals surface area contributed by atoms with E-state index in [1.165, 1.54) is 0 Å². The van der Waals surface area contributed by atoms with E-state index >= 15 is 0 Å². The molecule has 6 nitrogen and oxygen atoms in total. The van der Waals surface area contributed by atoms with E-state index in [1.54, 1.807) is 0 Å². The van der Waals surface area contributed by atoms with Gasteiger partial charge in [0, 0.05) is 11.5 Å². The Bertz CT molecular complexity index is 923. The maximum Gasteiger partial charge on any atom is 0.246 e. The Morgan fingerprint density at radius 2 is 1.88 bits per heavy atom. The van der Waals surface area contributed by atoms with E-state index < -0.39 is 65.2 Å². The second kappa shape index (κ2) is 8.50. The van der Waals surface area contributed by atoms with Crippen molar-refractivity contribution in [3.05, 3.63) is 34.4 Å². The highest BCUT2D eigenvalue weighted by molar-refractivity contribution is 6.30. The second-order valence-electron chi connectivity index (χ2n) is 9.46. The van der Waals surface area contributed by atoms with Crippen LogP contribution in [0.15, 0.2) is 12.1 Å². The highest BCUT2D eigenvalue weighted by Gasteiger charge is 2.59. The number of benzene rings is 1. The van der Waals surface area contributed by atoms with Crippen LogP contribution in [0, 0.1) is 23.0 Å². The van der Waals surface area contributed by atoms with Crippen LogP contribution in [0.1, 0.15) is 56.6 Å². The van der Waals surface area contributed by atoms with Crippen LogP contribution in [-0.4, -0.2) is 46.4 Å². The lowest BCUT2D eigenvalue weighted by Gasteiger charge is -2.37. The van der Waals surface area contributed by atoms with Crippen molar-refractivity contribution < 1.29 is 33.0 Å². The summed E-state index contributed by atoms with van der Waals surface area (Å²) in [6, 6.07) is 0.287. The van der Waals surface area contributed by atoms with Gasteiger partial charge in [-0.3, -0.25) is 9.59 Å². The summed E-state index contributed by atoms with van der Waals surface area (Å²) in [6.07, 6.45) is 0.514. The summed E-state index contributed by atoms with van der Waals surface area (Å²) >= 11 is 5.90. The highest BCUT2D eigenvalue weighted by atomic mass is 35.5. The molecule has 2 bridgehead atoms. The summed E-state index contributed by atoms with van der Waals surface area (Å²) < 4.78 is 44.8. The molecule has 2 amide bonds. The molecule has 3 saturated carbocycles. The number of rotatable bonds is 6. The lowest BCUT2D eigenvalue weighted by atomic mass is 9.74. The van der Waals surface area contributed by atoms with Gasteiger partial charge in [0.05, 0.1) is 23.2 Å². The average Bonchev–Trinajstić information content (AvgIpc) is 3.41. The third-order valence-electron chi connectivity index (χ3n) is 7.47. The zero-order valence-electron chi connectivity index (χ0n) is 17.3. The number of alkyl halides is 1. The summed E-state index contributed by atoms with van der Waals surface area (Å²) in [5.41, 5.74) is -2.61. The van der Waals surface area contributed by atoms with Crippen LogP contribution in [0.4, 0.5) is 13.2 Å². The fraction of sp³-hybridized carbons (Fsp3) is 0.636. The smallest absolute Gasteiger partial charge is 0.246 e. The van der Waals surface area contributed by atoms with Crippen molar-refractivity contribution in [1.82, 2.24) is 10.6 Å². The van der Waals surface area contributed by atoms with E-state index in [0.717, 1.165) is 12.1 Å². The molecule has 32 heavy (non-hydrogen) atoms. The number of carbonyl (C=O) groups excluding carboxylic acids is 2. The molecule has 0 aromatic heterocycles. The summed E-state index contributed by atoms with van der Waals surface area (Å²) in [5.74, 6) is -3.78. The fourth-order valence-corrected chi connectivity index (χ4v) is 5.97. The molecule has 3 aliphatic carbocycles. The van der Waals surface area contributed by atoms with Gasteiger partial charge in [0.2, 0.25) is 11.8 Å². The summed E-state index contributed by atoms with van der Waals surface area (Å²) in [5, 5.41) is 24.0. The van der Waals surface area contributed by atoms with Gasteiger partial charge in [0.1, 0.15) is 23.9 Å². The van der Waals surface area contributed by atoms with E-state index in [1.807, 2.05) is 0 Å². The SMILES string of the molecule is O=C(CO)N[C@H]1C[C@H](C(=O)N[C@H](c2c(F)ccc(Cl)c2F)C23CCC(F)(CC2)C3)C[C@H]1O. The quantitative estimate of drug-likeness (QED) is 0.476. The van der Waals surface area contributed by atoms with Gasteiger partial charge in [-0.1, -0.05) is 11.6 Å². The van der Waals surface area contributed by atoms with E-state index in [2.05, 4.69) is 10.6 Å². The normalized spacial score (nSPS) is 34.5. The number of amides is 2. The molecule has 0 spiro atoms. The Hall–Kier alpha value is -1.84. The number of nitrogens with one attached hydrogen (secondary N) is 2. The highest BCUT2D eigenvalue weighted by Crippen LogP contribution is 2.63. The molecule has 1 aromatic rings. The van der Waals surface area contributed by atoms with Crippen molar-refractivity contribution in [2.75, 3.05) is 6.61 Å². The number of hydrogen-bond acceptors (Lipinski definition) is 4. The molecule has 0 unspecified atom stereocenters. The van der Waals surface area contributed by atoms with Gasteiger partial charge >= 0.3 is 0 Å². The number of fused-ring (bicyclic) bond motifs is 2. The van der Waals surface area contributed by atoms with E-state index in [4.69, 9.17) is 16.7 Å². The first-order valence-electron chi connectivity index (χ1n) is 10.8. The van der Waals surface area contributed by atoms with Gasteiger partial charge in [-0.2, -0.15) is 0 Å². The van der Waals surface area contributed by atoms with Gasteiger partial charge < -0.3 is 20.8 Å². The number of aliphatic hydroxyl groups is 2. The largest absolute Gasteiger partial charge is 0.391 e. The molecule has 0 radical (unpaired) electrons. The van der Waals surface area contributed by atoms with Gasteiger partial charge in [-0.25, -0.2) is 13.2 Å². The molecule has 0 aliphatic heterocycles. The predicted molar refractivity (Wildman–Crippen MR) is 109 cm³/mol. The number of halogens is 4. The van der Waals surface area contributed by atoms with Crippen LogP contribution < -0.4 is 10.6 Å². The molecule has 10 heteroatoms. The van der Waals surface area contributed by atoms with Gasteiger partial charge in [0.15, 0.2) is 0 Å². The third kappa shape index (κ3) is 4.10. The standard InChI is InChI=1S/C22H26ClF3N2O4/c23-12-1-2-13(24)17(18(12)25)19(21-3-5-22(26,10-21)6-4-21)28-20(32)11-7-14(15(30)8-11)27-16(31)9-29/h1-2,11,14-15,19,29-30H,3-10H2,(H,27,31)(H,28,32)/t11-,14-,15+,19+,21?,22?/m0/s1. The molecule has 4 atom stereocenters. The third-order valence-corrected chi connectivity index (χ3v) is 7.76. The summed E-state index contributed by atoms with van der Waals surface area (Å²) in [6.45, 7) is -0.747. The lowest BCUT2D eigenvalue weighted by molar-refractivity contribution is -0.127. The van der Waals surface area contributed by atoms with Crippen molar-refractivity contribution in [2.24, 2.45) is 11.3 Å². The zero-order valence-corrected chi connectivity index (χ0v) is 18.1. The molecule has 0 heterocycles. The van der Waals surface area contributed by atoms with Gasteiger partial charge in [-0.15, -0.1) is 0 Å². The molecule has 1 aromatic carbocycles. The van der Waals surface area contributed by atoms with Gasteiger partial charge in [-0.05, 0) is 62.5 Å². The Labute approximate surface area is 188 Å². The van der Waals surface area contributed by atoms with Crippen LogP contribution in [0.2, 0.25) is 5.02 Å². The van der Waals surface area contributed by atoms with Crippen LogP contribution >= 0.6 is 11.6 Å². The van der Waals surface area contributed by atoms with Crippen molar-refractivity contribution >= 4 is 23.4 Å². The molecule has 4 rings (SSSR count). The number of aliphatic hydroxyl groups excluding tert-OH is 2.